The van der Waals surface area contributed by atoms with Gasteiger partial charge in [0.05, 0.1) is 5.52 Å². The molecule has 0 amide bonds. The average molecular weight is 282 g/mol. The highest BCUT2D eigenvalue weighted by Crippen LogP contribution is 2.19. The SMILES string of the molecule is O=C(CCC1CCNCC1)Cc1ccc2ccccc2n1. The van der Waals surface area contributed by atoms with Crippen LogP contribution in [0.2, 0.25) is 0 Å². The zero-order chi connectivity index (χ0) is 14.5. The molecule has 1 aliphatic heterocycles. The number of carbonyl (C=O) groups is 1. The Bertz CT molecular complexity index is 617. The Morgan fingerprint density at radius 2 is 1.95 bits per heavy atom. The van der Waals surface area contributed by atoms with Gasteiger partial charge in [0.2, 0.25) is 0 Å². The first kappa shape index (κ1) is 14.2. The predicted molar refractivity (Wildman–Crippen MR) is 85.3 cm³/mol. The van der Waals surface area contributed by atoms with Crippen molar-refractivity contribution in [1.29, 1.82) is 0 Å². The fraction of sp³-hybridized carbons (Fsp3) is 0.444. The number of rotatable bonds is 5. The van der Waals surface area contributed by atoms with Gasteiger partial charge in [-0.15, -0.1) is 0 Å². The number of ketones is 1. The van der Waals surface area contributed by atoms with Crippen molar-refractivity contribution in [3.63, 3.8) is 0 Å². The molecule has 3 nitrogen and oxygen atoms in total. The van der Waals surface area contributed by atoms with Gasteiger partial charge < -0.3 is 5.32 Å². The summed E-state index contributed by atoms with van der Waals surface area (Å²) in [5.74, 6) is 1.04. The summed E-state index contributed by atoms with van der Waals surface area (Å²) in [6, 6.07) is 12.1. The Hall–Kier alpha value is -1.74. The van der Waals surface area contributed by atoms with Gasteiger partial charge in [-0.1, -0.05) is 24.3 Å². The van der Waals surface area contributed by atoms with Gasteiger partial charge in [0.25, 0.3) is 0 Å². The lowest BCUT2D eigenvalue weighted by Crippen LogP contribution is -2.28. The summed E-state index contributed by atoms with van der Waals surface area (Å²) in [5, 5.41) is 4.49. The van der Waals surface area contributed by atoms with E-state index in [0.717, 1.165) is 42.0 Å². The van der Waals surface area contributed by atoms with E-state index >= 15 is 0 Å². The summed E-state index contributed by atoms with van der Waals surface area (Å²) < 4.78 is 0. The number of hydrogen-bond donors (Lipinski definition) is 1. The first-order valence-corrected chi connectivity index (χ1v) is 7.88. The normalized spacial score (nSPS) is 16.2. The van der Waals surface area contributed by atoms with E-state index < -0.39 is 0 Å². The zero-order valence-corrected chi connectivity index (χ0v) is 12.3. The number of Topliss-reactive ketones (excluding diaryl/α,β-unsaturated/α-hetero) is 1. The molecular weight excluding hydrogens is 260 g/mol. The molecule has 1 aromatic heterocycles. The molecule has 1 aromatic carbocycles. The number of piperidine rings is 1. The minimum Gasteiger partial charge on any atom is -0.317 e. The van der Waals surface area contributed by atoms with Crippen molar-refractivity contribution in [2.75, 3.05) is 13.1 Å². The minimum absolute atomic E-state index is 0.316. The number of hydrogen-bond acceptors (Lipinski definition) is 3. The van der Waals surface area contributed by atoms with Crippen molar-refractivity contribution in [3.05, 3.63) is 42.1 Å². The molecule has 1 saturated heterocycles. The van der Waals surface area contributed by atoms with E-state index in [1.54, 1.807) is 0 Å². The Labute approximate surface area is 125 Å². The fourth-order valence-electron chi connectivity index (χ4n) is 3.03. The highest BCUT2D eigenvalue weighted by molar-refractivity contribution is 5.82. The lowest BCUT2D eigenvalue weighted by Gasteiger charge is -2.22. The summed E-state index contributed by atoms with van der Waals surface area (Å²) in [6.07, 6.45) is 4.62. The summed E-state index contributed by atoms with van der Waals surface area (Å²) in [5.41, 5.74) is 1.87. The van der Waals surface area contributed by atoms with Crippen LogP contribution in [-0.2, 0) is 11.2 Å². The third-order valence-corrected chi connectivity index (χ3v) is 4.32. The maximum Gasteiger partial charge on any atom is 0.138 e. The number of fused-ring (bicyclic) bond motifs is 1. The second-order valence-corrected chi connectivity index (χ2v) is 5.94. The monoisotopic (exact) mass is 282 g/mol. The van der Waals surface area contributed by atoms with Gasteiger partial charge in [0.15, 0.2) is 0 Å². The van der Waals surface area contributed by atoms with Crippen LogP contribution >= 0.6 is 0 Å². The van der Waals surface area contributed by atoms with Crippen molar-refractivity contribution >= 4 is 16.7 Å². The number of para-hydroxylation sites is 1. The Balaban J connectivity index is 1.55. The van der Waals surface area contributed by atoms with Crippen molar-refractivity contribution in [2.45, 2.75) is 32.1 Å². The second kappa shape index (κ2) is 6.81. The van der Waals surface area contributed by atoms with Crippen LogP contribution in [0.5, 0.6) is 0 Å². The molecule has 1 N–H and O–H groups in total. The highest BCUT2D eigenvalue weighted by atomic mass is 16.1. The van der Waals surface area contributed by atoms with Gasteiger partial charge >= 0.3 is 0 Å². The minimum atomic E-state index is 0.316. The molecule has 2 heterocycles. The van der Waals surface area contributed by atoms with Crippen LogP contribution in [0.15, 0.2) is 36.4 Å². The van der Waals surface area contributed by atoms with E-state index in [-0.39, 0.29) is 0 Å². The van der Waals surface area contributed by atoms with Crippen molar-refractivity contribution < 1.29 is 4.79 Å². The molecule has 0 unspecified atom stereocenters. The quantitative estimate of drug-likeness (QED) is 0.916. The summed E-state index contributed by atoms with van der Waals surface area (Å²) in [6.45, 7) is 2.20. The van der Waals surface area contributed by atoms with Crippen LogP contribution in [0.25, 0.3) is 10.9 Å². The number of nitrogens with one attached hydrogen (secondary N) is 1. The van der Waals surface area contributed by atoms with Gasteiger partial charge in [-0.2, -0.15) is 0 Å². The van der Waals surface area contributed by atoms with Gasteiger partial charge in [0, 0.05) is 23.9 Å². The molecule has 0 radical (unpaired) electrons. The Morgan fingerprint density at radius 1 is 1.14 bits per heavy atom. The van der Waals surface area contributed by atoms with Crippen LogP contribution < -0.4 is 5.32 Å². The number of carbonyl (C=O) groups excluding carboxylic acids is 1. The Kier molecular flexibility index (Phi) is 4.61. The molecule has 110 valence electrons. The first-order valence-electron chi connectivity index (χ1n) is 7.88. The van der Waals surface area contributed by atoms with E-state index in [2.05, 4.69) is 16.4 Å². The van der Waals surface area contributed by atoms with E-state index in [0.29, 0.717) is 18.6 Å². The van der Waals surface area contributed by atoms with Gasteiger partial charge in [-0.3, -0.25) is 9.78 Å². The zero-order valence-electron chi connectivity index (χ0n) is 12.3. The molecule has 0 atom stereocenters. The molecule has 0 spiro atoms. The van der Waals surface area contributed by atoms with E-state index in [4.69, 9.17) is 0 Å². The summed E-state index contributed by atoms with van der Waals surface area (Å²) >= 11 is 0. The first-order chi connectivity index (χ1) is 10.3. The van der Waals surface area contributed by atoms with Crippen molar-refractivity contribution in [2.24, 2.45) is 5.92 Å². The number of pyridine rings is 1. The van der Waals surface area contributed by atoms with Crippen LogP contribution in [-0.4, -0.2) is 23.9 Å². The third kappa shape index (κ3) is 3.88. The average Bonchev–Trinajstić information content (AvgIpc) is 2.54. The topological polar surface area (TPSA) is 42.0 Å². The number of aromatic nitrogens is 1. The van der Waals surface area contributed by atoms with Crippen LogP contribution in [0.4, 0.5) is 0 Å². The van der Waals surface area contributed by atoms with Crippen LogP contribution in [0.3, 0.4) is 0 Å². The standard InChI is InChI=1S/C18H22N2O/c21-17(8-5-14-9-11-19-12-10-14)13-16-7-6-15-3-1-2-4-18(15)20-16/h1-4,6-7,14,19H,5,8-13H2. The van der Waals surface area contributed by atoms with Gasteiger partial charge in [-0.25, -0.2) is 0 Å². The lowest BCUT2D eigenvalue weighted by molar-refractivity contribution is -0.118. The van der Waals surface area contributed by atoms with Crippen molar-refractivity contribution in [3.8, 4) is 0 Å². The Morgan fingerprint density at radius 3 is 2.81 bits per heavy atom. The van der Waals surface area contributed by atoms with Crippen molar-refractivity contribution in [1.82, 2.24) is 10.3 Å². The summed E-state index contributed by atoms with van der Waals surface area (Å²) in [4.78, 5) is 16.7. The smallest absolute Gasteiger partial charge is 0.138 e. The van der Waals surface area contributed by atoms with Crippen LogP contribution in [0, 0.1) is 5.92 Å². The molecule has 3 rings (SSSR count). The predicted octanol–water partition coefficient (Wildman–Crippen LogP) is 3.13. The molecule has 1 fully saturated rings. The van der Waals surface area contributed by atoms with E-state index in [1.807, 2.05) is 30.3 Å². The highest BCUT2D eigenvalue weighted by Gasteiger charge is 2.15. The number of nitrogens with zero attached hydrogens (tertiary/aromatic N) is 1. The molecule has 2 aromatic rings. The maximum absolute atomic E-state index is 12.1. The van der Waals surface area contributed by atoms with Gasteiger partial charge in [0.1, 0.15) is 5.78 Å². The summed E-state index contributed by atoms with van der Waals surface area (Å²) in [7, 11) is 0. The molecule has 0 bridgehead atoms. The van der Waals surface area contributed by atoms with Gasteiger partial charge in [-0.05, 0) is 50.4 Å². The molecule has 21 heavy (non-hydrogen) atoms. The molecule has 0 saturated carbocycles. The molecular formula is C18H22N2O. The van der Waals surface area contributed by atoms with E-state index in [9.17, 15) is 4.79 Å². The molecule has 1 aliphatic rings. The molecule has 3 heteroatoms. The van der Waals surface area contributed by atoms with Crippen LogP contribution in [0.1, 0.15) is 31.4 Å². The maximum atomic E-state index is 12.1. The largest absolute Gasteiger partial charge is 0.317 e. The second-order valence-electron chi connectivity index (χ2n) is 5.94. The van der Waals surface area contributed by atoms with E-state index in [1.165, 1.54) is 12.8 Å². The number of benzene rings is 1. The third-order valence-electron chi connectivity index (χ3n) is 4.32. The molecule has 0 aliphatic carbocycles. The fourth-order valence-corrected chi connectivity index (χ4v) is 3.03. The lowest BCUT2D eigenvalue weighted by atomic mass is 9.91.